The van der Waals surface area contributed by atoms with Gasteiger partial charge in [0.2, 0.25) is 0 Å². The average Bonchev–Trinajstić information content (AvgIpc) is 1.79. The highest BCUT2D eigenvalue weighted by Crippen LogP contribution is 2.11. The summed E-state index contributed by atoms with van der Waals surface area (Å²) >= 11 is 0. The van der Waals surface area contributed by atoms with Crippen LogP contribution in [0.25, 0.3) is 0 Å². The molecule has 0 saturated heterocycles. The fourth-order valence-corrected chi connectivity index (χ4v) is 1.11. The normalized spacial score (nSPS) is 6.33. The first-order chi connectivity index (χ1) is 4.63. The van der Waals surface area contributed by atoms with Crippen LogP contribution in [0.3, 0.4) is 0 Å². The van der Waals surface area contributed by atoms with Gasteiger partial charge in [0.15, 0.2) is 0 Å². The van der Waals surface area contributed by atoms with E-state index in [0.717, 1.165) is 11.8 Å². The average molecular weight is 271 g/mol. The zero-order chi connectivity index (χ0) is 7.98. The van der Waals surface area contributed by atoms with Crippen LogP contribution in [-0.4, -0.2) is 0 Å². The molecule has 18 heavy (non-hydrogen) atoms. The molecular weight excluding hydrogens is 216 g/mol. The van der Waals surface area contributed by atoms with E-state index in [0.29, 0.717) is 0 Å². The van der Waals surface area contributed by atoms with Crippen molar-refractivity contribution in [2.45, 2.75) is 113 Å². The summed E-state index contributed by atoms with van der Waals surface area (Å²) in [7, 11) is 0. The third-order valence-electron chi connectivity index (χ3n) is 1.81. The predicted octanol–water partition coefficient (Wildman–Crippen LogP) is 8.95. The van der Waals surface area contributed by atoms with Gasteiger partial charge in [-0.2, -0.15) is 0 Å². The summed E-state index contributed by atoms with van der Waals surface area (Å²) in [5.41, 5.74) is 0. The van der Waals surface area contributed by atoms with Crippen LogP contribution < -0.4 is 0 Å². The van der Waals surface area contributed by atoms with Gasteiger partial charge in [0.05, 0.1) is 0 Å². The van der Waals surface area contributed by atoms with Crippen molar-refractivity contribution < 1.29 is 0 Å². The van der Waals surface area contributed by atoms with Crippen molar-refractivity contribution in [3.8, 4) is 0 Å². The maximum Gasteiger partial charge on any atom is -0.0471 e. The summed E-state index contributed by atoms with van der Waals surface area (Å²) in [6, 6.07) is 0. The summed E-state index contributed by atoms with van der Waals surface area (Å²) < 4.78 is 0. The molecule has 0 saturated carbocycles. The van der Waals surface area contributed by atoms with E-state index in [-0.39, 0.29) is 59.4 Å². The van der Waals surface area contributed by atoms with E-state index in [2.05, 4.69) is 27.7 Å². The van der Waals surface area contributed by atoms with Crippen LogP contribution in [-0.2, 0) is 0 Å². The standard InChI is InChI=1S/C10H22.8CH4/c1-9(2)7-5-6-8-10(3)4;;;;;;;;/h9-10H,5-8H2,1-4H3;8*1H4. The van der Waals surface area contributed by atoms with E-state index in [4.69, 9.17) is 0 Å². The minimum atomic E-state index is 0. The molecule has 0 aliphatic carbocycles. The Bertz CT molecular complexity index is 52.4. The lowest BCUT2D eigenvalue weighted by molar-refractivity contribution is 0.483. The minimum Gasteiger partial charge on any atom is -0.0776 e. The maximum atomic E-state index is 2.30. The van der Waals surface area contributed by atoms with E-state index in [1.54, 1.807) is 0 Å². The van der Waals surface area contributed by atoms with Crippen LogP contribution in [0.2, 0.25) is 0 Å². The van der Waals surface area contributed by atoms with Gasteiger partial charge in [0.25, 0.3) is 0 Å². The zero-order valence-electron chi connectivity index (χ0n) is 7.98. The molecule has 0 spiro atoms. The van der Waals surface area contributed by atoms with Gasteiger partial charge in [-0.25, -0.2) is 0 Å². The van der Waals surface area contributed by atoms with Gasteiger partial charge in [-0.05, 0) is 11.8 Å². The van der Waals surface area contributed by atoms with Crippen LogP contribution in [0.4, 0.5) is 0 Å². The van der Waals surface area contributed by atoms with Crippen LogP contribution in [0.15, 0.2) is 0 Å². The fraction of sp³-hybridized carbons (Fsp3) is 1.00. The molecule has 0 aliphatic heterocycles. The highest BCUT2D eigenvalue weighted by Gasteiger charge is 1.95. The molecule has 0 fully saturated rings. The Kier molecular flexibility index (Phi) is 155. The zero-order valence-corrected chi connectivity index (χ0v) is 7.98. The molecule has 0 amide bonds. The molecule has 126 valence electrons. The lowest BCUT2D eigenvalue weighted by atomic mass is 10.0. The first-order valence-electron chi connectivity index (χ1n) is 4.63. The van der Waals surface area contributed by atoms with Crippen molar-refractivity contribution in [3.63, 3.8) is 0 Å². The minimum absolute atomic E-state index is 0. The SMILES string of the molecule is C.C.C.C.C.C.C.C.CC(C)CCCCC(C)C. The number of rotatable bonds is 5. The fourth-order valence-electron chi connectivity index (χ4n) is 1.11. The number of hydrogen-bond donors (Lipinski definition) is 0. The van der Waals surface area contributed by atoms with Gasteiger partial charge in [0.1, 0.15) is 0 Å². The molecular formula is C18H54. The molecule has 0 aliphatic rings. The molecule has 0 heterocycles. The lowest BCUT2D eigenvalue weighted by Crippen LogP contribution is -1.90. The van der Waals surface area contributed by atoms with Gasteiger partial charge >= 0.3 is 0 Å². The Hall–Kier alpha value is 0. The Labute approximate surface area is 125 Å². The van der Waals surface area contributed by atoms with Gasteiger partial charge in [-0.1, -0.05) is 113 Å². The highest BCUT2D eigenvalue weighted by atomic mass is 14.0. The van der Waals surface area contributed by atoms with Crippen molar-refractivity contribution >= 4 is 0 Å². The number of hydrogen-bond acceptors (Lipinski definition) is 0. The van der Waals surface area contributed by atoms with Gasteiger partial charge in [0, 0.05) is 0 Å². The Morgan fingerprint density at radius 3 is 0.722 bits per heavy atom. The molecule has 0 unspecified atom stereocenters. The Morgan fingerprint density at radius 2 is 0.611 bits per heavy atom. The summed E-state index contributed by atoms with van der Waals surface area (Å²) in [6.07, 6.45) is 5.67. The van der Waals surface area contributed by atoms with Gasteiger partial charge in [-0.3, -0.25) is 0 Å². The summed E-state index contributed by atoms with van der Waals surface area (Å²) in [5.74, 6) is 1.79. The molecule has 0 aromatic heterocycles. The smallest absolute Gasteiger partial charge is 0.0471 e. The van der Waals surface area contributed by atoms with Gasteiger partial charge in [-0.15, -0.1) is 0 Å². The molecule has 0 atom stereocenters. The Morgan fingerprint density at radius 1 is 0.444 bits per heavy atom. The van der Waals surface area contributed by atoms with Crippen molar-refractivity contribution in [3.05, 3.63) is 0 Å². The third-order valence-corrected chi connectivity index (χ3v) is 1.81. The molecule has 0 N–H and O–H groups in total. The second-order valence-corrected chi connectivity index (χ2v) is 4.07. The molecule has 0 rings (SSSR count). The lowest BCUT2D eigenvalue weighted by Gasteiger charge is -2.05. The molecule has 0 heteroatoms. The second kappa shape index (κ2) is 43.5. The van der Waals surface area contributed by atoms with Gasteiger partial charge < -0.3 is 0 Å². The summed E-state index contributed by atoms with van der Waals surface area (Å²) in [5, 5.41) is 0. The summed E-state index contributed by atoms with van der Waals surface area (Å²) in [6.45, 7) is 9.20. The predicted molar refractivity (Wildman–Crippen MR) is 102 cm³/mol. The van der Waals surface area contributed by atoms with Crippen molar-refractivity contribution in [2.75, 3.05) is 0 Å². The van der Waals surface area contributed by atoms with E-state index < -0.39 is 0 Å². The van der Waals surface area contributed by atoms with E-state index in [1.807, 2.05) is 0 Å². The van der Waals surface area contributed by atoms with Crippen LogP contribution in [0.5, 0.6) is 0 Å². The van der Waals surface area contributed by atoms with Crippen LogP contribution in [0, 0.1) is 11.8 Å². The van der Waals surface area contributed by atoms with Crippen molar-refractivity contribution in [1.82, 2.24) is 0 Å². The Balaban J connectivity index is -0.0000000145. The topological polar surface area (TPSA) is 0 Å². The molecule has 0 aromatic carbocycles. The summed E-state index contributed by atoms with van der Waals surface area (Å²) in [4.78, 5) is 0. The number of unbranched alkanes of at least 4 members (excludes halogenated alkanes) is 1. The van der Waals surface area contributed by atoms with Crippen molar-refractivity contribution in [2.24, 2.45) is 11.8 Å². The highest BCUT2D eigenvalue weighted by molar-refractivity contribution is 4.49. The largest absolute Gasteiger partial charge is 0.0776 e. The first kappa shape index (κ1) is 64.2. The second-order valence-electron chi connectivity index (χ2n) is 4.07. The maximum absolute atomic E-state index is 2.30. The van der Waals surface area contributed by atoms with Crippen molar-refractivity contribution in [1.29, 1.82) is 0 Å². The van der Waals surface area contributed by atoms with E-state index >= 15 is 0 Å². The van der Waals surface area contributed by atoms with Crippen LogP contribution >= 0.6 is 0 Å². The van der Waals surface area contributed by atoms with Crippen LogP contribution in [0.1, 0.15) is 113 Å². The molecule has 0 radical (unpaired) electrons. The van der Waals surface area contributed by atoms with E-state index in [9.17, 15) is 0 Å². The molecule has 0 nitrogen and oxygen atoms in total. The monoisotopic (exact) mass is 270 g/mol. The molecule has 0 bridgehead atoms. The molecule has 0 aromatic rings. The first-order valence-corrected chi connectivity index (χ1v) is 4.63. The third kappa shape index (κ3) is 73.5. The quantitative estimate of drug-likeness (QED) is 0.437. The van der Waals surface area contributed by atoms with E-state index in [1.165, 1.54) is 25.7 Å².